The number of hydrogen-bond acceptors (Lipinski definition) is 10. The molecule has 0 saturated carbocycles. The Kier molecular flexibility index (Phi) is 6.52. The number of H-pyrrole nitrogens is 1. The summed E-state index contributed by atoms with van der Waals surface area (Å²) in [6.07, 6.45) is -6.79. The normalized spacial score (nSPS) is 27.3. The molecular formula is C24H25N3O8. The summed E-state index contributed by atoms with van der Waals surface area (Å²) in [7, 11) is 0. The number of aromatic amines is 1. The lowest BCUT2D eigenvalue weighted by atomic mass is 9.99. The predicted octanol–water partition coefficient (Wildman–Crippen LogP) is 0.545. The summed E-state index contributed by atoms with van der Waals surface area (Å²) in [4.78, 5) is 13.1. The van der Waals surface area contributed by atoms with E-state index in [9.17, 15) is 25.5 Å². The van der Waals surface area contributed by atoms with E-state index in [0.29, 0.717) is 22.7 Å². The molecule has 35 heavy (non-hydrogen) atoms. The zero-order chi connectivity index (χ0) is 24.5. The van der Waals surface area contributed by atoms with Crippen molar-refractivity contribution in [2.45, 2.75) is 30.7 Å². The molecular weight excluding hydrogens is 458 g/mol. The highest BCUT2D eigenvalue weighted by molar-refractivity contribution is 6.58. The van der Waals surface area contributed by atoms with Gasteiger partial charge in [-0.2, -0.15) is 0 Å². The third-order valence-corrected chi connectivity index (χ3v) is 6.00. The summed E-state index contributed by atoms with van der Waals surface area (Å²) in [5.41, 5.74) is 3.59. The number of aliphatic imine (C=N–C) groups is 1. The van der Waals surface area contributed by atoms with E-state index in [1.807, 2.05) is 48.5 Å². The Morgan fingerprint density at radius 2 is 1.74 bits per heavy atom. The van der Waals surface area contributed by atoms with Gasteiger partial charge in [0.05, 0.1) is 24.5 Å². The third-order valence-electron chi connectivity index (χ3n) is 6.00. The number of ether oxygens (including phenoxy) is 2. The van der Waals surface area contributed by atoms with Gasteiger partial charge in [0.2, 0.25) is 0 Å². The minimum absolute atomic E-state index is 0.0311. The second-order valence-electron chi connectivity index (χ2n) is 8.21. The maximum Gasteiger partial charge on any atom is 0.199 e. The Labute approximate surface area is 199 Å². The molecule has 1 aromatic heterocycles. The summed E-state index contributed by atoms with van der Waals surface area (Å²) in [6, 6.07) is 14.9. The van der Waals surface area contributed by atoms with Crippen molar-refractivity contribution >= 4 is 28.0 Å². The highest BCUT2D eigenvalue weighted by Gasteiger charge is 2.44. The number of nitrogens with one attached hydrogen (secondary N) is 1. The van der Waals surface area contributed by atoms with Crippen LogP contribution in [0.1, 0.15) is 11.1 Å². The van der Waals surface area contributed by atoms with Crippen LogP contribution >= 0.6 is 0 Å². The summed E-state index contributed by atoms with van der Waals surface area (Å²) in [6.45, 7) is -0.642. The fourth-order valence-electron chi connectivity index (χ4n) is 4.22. The maximum absolute atomic E-state index is 10.6. The van der Waals surface area contributed by atoms with Crippen molar-refractivity contribution < 1.29 is 39.8 Å². The number of aromatic hydroxyl groups is 1. The predicted molar refractivity (Wildman–Crippen MR) is 125 cm³/mol. The Balaban J connectivity index is 1.31. The molecule has 0 aliphatic carbocycles. The largest absolute Gasteiger partial charge is 0.494 e. The summed E-state index contributed by atoms with van der Waals surface area (Å²) in [5, 5.41) is 54.7. The third kappa shape index (κ3) is 4.29. The van der Waals surface area contributed by atoms with Gasteiger partial charge in [0, 0.05) is 16.5 Å². The van der Waals surface area contributed by atoms with Crippen LogP contribution < -0.4 is 0 Å². The molecule has 11 nitrogen and oxygen atoms in total. The number of para-hydroxylation sites is 2. The smallest absolute Gasteiger partial charge is 0.199 e. The average Bonchev–Trinajstić information content (AvgIpc) is 3.39. The van der Waals surface area contributed by atoms with E-state index in [2.05, 4.69) is 15.1 Å². The zero-order valence-electron chi connectivity index (χ0n) is 18.5. The quantitative estimate of drug-likeness (QED) is 0.209. The number of aromatic nitrogens is 1. The first-order chi connectivity index (χ1) is 17.0. The van der Waals surface area contributed by atoms with Crippen molar-refractivity contribution in [2.24, 2.45) is 10.1 Å². The Morgan fingerprint density at radius 3 is 2.57 bits per heavy atom. The number of nitrogens with zero attached hydrogens (tertiary/aromatic N) is 2. The molecule has 5 unspecified atom stereocenters. The van der Waals surface area contributed by atoms with E-state index in [1.54, 1.807) is 0 Å². The monoisotopic (exact) mass is 483 g/mol. The van der Waals surface area contributed by atoms with Crippen molar-refractivity contribution in [1.82, 2.24) is 4.98 Å². The van der Waals surface area contributed by atoms with Crippen molar-refractivity contribution in [3.05, 3.63) is 59.7 Å². The average molecular weight is 483 g/mol. The summed E-state index contributed by atoms with van der Waals surface area (Å²) < 4.78 is 10.7. The van der Waals surface area contributed by atoms with E-state index in [1.165, 1.54) is 0 Å². The van der Waals surface area contributed by atoms with Gasteiger partial charge in [-0.1, -0.05) is 41.6 Å². The van der Waals surface area contributed by atoms with Crippen LogP contribution in [0.3, 0.4) is 0 Å². The number of rotatable bonds is 7. The van der Waals surface area contributed by atoms with Crippen molar-refractivity contribution in [2.75, 3.05) is 19.8 Å². The van der Waals surface area contributed by atoms with Gasteiger partial charge in [-0.15, -0.1) is 0 Å². The fraction of sp³-hybridized carbons (Fsp3) is 0.333. The molecule has 184 valence electrons. The van der Waals surface area contributed by atoms with E-state index in [4.69, 9.17) is 14.3 Å². The van der Waals surface area contributed by atoms with Crippen LogP contribution in [-0.4, -0.2) is 92.5 Å². The molecule has 2 aliphatic heterocycles. The molecule has 11 heteroatoms. The second-order valence-corrected chi connectivity index (χ2v) is 8.21. The van der Waals surface area contributed by atoms with Gasteiger partial charge in [-0.3, -0.25) is 0 Å². The molecule has 6 N–H and O–H groups in total. The SMILES string of the molecule is OCC1OC(OCCO/N=C2\C(c3c(O)[nH]c4ccccc34)=Nc3ccccc32)C(O)C(O)C1O. The molecule has 3 aromatic rings. The molecule has 2 aliphatic rings. The number of fused-ring (bicyclic) bond motifs is 2. The van der Waals surface area contributed by atoms with Crippen LogP contribution in [0.4, 0.5) is 5.69 Å². The topological polar surface area (TPSA) is 169 Å². The van der Waals surface area contributed by atoms with Crippen LogP contribution in [-0.2, 0) is 14.3 Å². The Bertz CT molecular complexity index is 1270. The lowest BCUT2D eigenvalue weighted by Gasteiger charge is -2.39. The second kappa shape index (κ2) is 9.74. The highest BCUT2D eigenvalue weighted by Crippen LogP contribution is 2.35. The van der Waals surface area contributed by atoms with Crippen LogP contribution in [0.5, 0.6) is 5.88 Å². The van der Waals surface area contributed by atoms with Gasteiger partial charge in [0.25, 0.3) is 0 Å². The van der Waals surface area contributed by atoms with Crippen molar-refractivity contribution in [3.8, 4) is 5.88 Å². The number of aliphatic hydroxyl groups excluding tert-OH is 4. The first-order valence-corrected chi connectivity index (χ1v) is 11.1. The molecule has 3 heterocycles. The van der Waals surface area contributed by atoms with Gasteiger partial charge >= 0.3 is 0 Å². The molecule has 1 saturated heterocycles. The molecule has 5 rings (SSSR count). The highest BCUT2D eigenvalue weighted by atomic mass is 16.7. The van der Waals surface area contributed by atoms with Crippen LogP contribution in [0.25, 0.3) is 10.9 Å². The van der Waals surface area contributed by atoms with Crippen LogP contribution in [0.2, 0.25) is 0 Å². The molecule has 0 bridgehead atoms. The number of aliphatic hydroxyl groups is 4. The molecule has 0 amide bonds. The lowest BCUT2D eigenvalue weighted by Crippen LogP contribution is -2.59. The van der Waals surface area contributed by atoms with E-state index in [-0.39, 0.29) is 19.1 Å². The first-order valence-electron chi connectivity index (χ1n) is 11.1. The Morgan fingerprint density at radius 1 is 0.971 bits per heavy atom. The van der Waals surface area contributed by atoms with Gasteiger partial charge < -0.3 is 44.8 Å². The molecule has 0 spiro atoms. The van der Waals surface area contributed by atoms with Crippen molar-refractivity contribution in [1.29, 1.82) is 0 Å². The molecule has 0 radical (unpaired) electrons. The van der Waals surface area contributed by atoms with Gasteiger partial charge in [0.15, 0.2) is 12.2 Å². The Hall–Kier alpha value is -3.32. The maximum atomic E-state index is 10.6. The number of hydrogen-bond donors (Lipinski definition) is 6. The summed E-state index contributed by atoms with van der Waals surface area (Å²) in [5.74, 6) is -0.0311. The van der Waals surface area contributed by atoms with Crippen molar-refractivity contribution in [3.63, 3.8) is 0 Å². The van der Waals surface area contributed by atoms with Gasteiger partial charge in [-0.05, 0) is 12.1 Å². The van der Waals surface area contributed by atoms with Gasteiger partial charge in [0.1, 0.15) is 42.4 Å². The molecule has 2 aromatic carbocycles. The minimum Gasteiger partial charge on any atom is -0.494 e. The molecule has 1 fully saturated rings. The van der Waals surface area contributed by atoms with E-state index >= 15 is 0 Å². The fourth-order valence-corrected chi connectivity index (χ4v) is 4.22. The lowest BCUT2D eigenvalue weighted by molar-refractivity contribution is -0.302. The first kappa shape index (κ1) is 23.4. The molecule has 5 atom stereocenters. The van der Waals surface area contributed by atoms with Gasteiger partial charge in [-0.25, -0.2) is 4.99 Å². The number of oxime groups is 1. The number of benzene rings is 2. The van der Waals surface area contributed by atoms with E-state index < -0.39 is 37.3 Å². The minimum atomic E-state index is -1.52. The van der Waals surface area contributed by atoms with E-state index in [0.717, 1.165) is 16.5 Å². The summed E-state index contributed by atoms with van der Waals surface area (Å²) >= 11 is 0. The van der Waals surface area contributed by atoms with Crippen LogP contribution in [0.15, 0.2) is 58.7 Å². The standard InChI is InChI=1S/C24H25N3O8/c28-11-16-20(29)21(30)22(31)24(35-16)33-9-10-34-27-18-13-6-2-4-8-15(13)25-19(18)17-12-5-1-3-7-14(12)26-23(17)32/h1-8,16,20-22,24,26,28-32H,9-11H2/b27-18-. The zero-order valence-corrected chi connectivity index (χ0v) is 18.5. The van der Waals surface area contributed by atoms with Crippen LogP contribution in [0, 0.1) is 0 Å².